The lowest BCUT2D eigenvalue weighted by Crippen LogP contribution is -2.34. The fourth-order valence-electron chi connectivity index (χ4n) is 1.43. The van der Waals surface area contributed by atoms with Crippen LogP contribution in [0.4, 0.5) is 10.1 Å². The lowest BCUT2D eigenvalue weighted by Gasteiger charge is -2.09. The second-order valence-electron chi connectivity index (χ2n) is 4.29. The van der Waals surface area contributed by atoms with E-state index in [1.165, 1.54) is 0 Å². The van der Waals surface area contributed by atoms with Gasteiger partial charge >= 0.3 is 0 Å². The number of nitro benzene ring substituents is 1. The van der Waals surface area contributed by atoms with Crippen molar-refractivity contribution in [1.29, 1.82) is 0 Å². The zero-order chi connectivity index (χ0) is 14.4. The average Bonchev–Trinajstić information content (AvgIpc) is 2.33. The van der Waals surface area contributed by atoms with Gasteiger partial charge in [-0.3, -0.25) is 14.9 Å². The molecule has 0 aromatic heterocycles. The van der Waals surface area contributed by atoms with Crippen LogP contribution in [0.3, 0.4) is 0 Å². The van der Waals surface area contributed by atoms with E-state index in [1.54, 1.807) is 0 Å². The molecule has 104 valence electrons. The molecule has 2 N–H and O–H groups in total. The molecule has 0 saturated carbocycles. The van der Waals surface area contributed by atoms with Gasteiger partial charge in [0.15, 0.2) is 0 Å². The average molecular weight is 269 g/mol. The Bertz CT molecular complexity index is 477. The minimum Gasteiger partial charge on any atom is -0.351 e. The normalized spacial score (nSPS) is 10.5. The third kappa shape index (κ3) is 4.63. The molecular weight excluding hydrogens is 253 g/mol. The molecule has 7 heteroatoms. The van der Waals surface area contributed by atoms with Crippen molar-refractivity contribution in [2.24, 2.45) is 0 Å². The van der Waals surface area contributed by atoms with E-state index in [4.69, 9.17) is 0 Å². The minimum atomic E-state index is -0.900. The van der Waals surface area contributed by atoms with Crippen molar-refractivity contribution in [2.45, 2.75) is 19.9 Å². The molecule has 1 aromatic rings. The van der Waals surface area contributed by atoms with E-state index in [1.807, 2.05) is 13.8 Å². The van der Waals surface area contributed by atoms with Gasteiger partial charge in [-0.2, -0.15) is 0 Å². The molecule has 1 aromatic carbocycles. The molecule has 0 aliphatic rings. The maximum Gasteiger partial charge on any atom is 0.272 e. The number of amides is 1. The van der Waals surface area contributed by atoms with Crippen LogP contribution in [-0.2, 0) is 0 Å². The van der Waals surface area contributed by atoms with Crippen LogP contribution in [0.2, 0.25) is 0 Å². The molecule has 0 aliphatic carbocycles. The zero-order valence-corrected chi connectivity index (χ0v) is 10.8. The highest BCUT2D eigenvalue weighted by Gasteiger charge is 2.15. The van der Waals surface area contributed by atoms with Gasteiger partial charge < -0.3 is 10.6 Å². The Labute approximate surface area is 110 Å². The van der Waals surface area contributed by atoms with Crippen molar-refractivity contribution in [3.63, 3.8) is 0 Å². The van der Waals surface area contributed by atoms with Gasteiger partial charge in [0.2, 0.25) is 0 Å². The van der Waals surface area contributed by atoms with Crippen molar-refractivity contribution >= 4 is 11.6 Å². The van der Waals surface area contributed by atoms with E-state index in [0.29, 0.717) is 19.1 Å². The summed E-state index contributed by atoms with van der Waals surface area (Å²) in [5.41, 5.74) is -0.578. The minimum absolute atomic E-state index is 0.199. The summed E-state index contributed by atoms with van der Waals surface area (Å²) in [6.07, 6.45) is 0. The number of halogens is 1. The SMILES string of the molecule is CC(C)NCCNC(=O)c1ccc([N+](=O)[O-])cc1F. The van der Waals surface area contributed by atoms with Crippen LogP contribution in [0.25, 0.3) is 0 Å². The predicted octanol–water partition coefficient (Wildman–Crippen LogP) is 1.46. The second-order valence-corrected chi connectivity index (χ2v) is 4.29. The number of benzene rings is 1. The molecule has 0 unspecified atom stereocenters. The summed E-state index contributed by atoms with van der Waals surface area (Å²) in [6, 6.07) is 3.25. The molecule has 0 spiro atoms. The van der Waals surface area contributed by atoms with Gasteiger partial charge in [-0.1, -0.05) is 13.8 Å². The van der Waals surface area contributed by atoms with Gasteiger partial charge in [-0.05, 0) is 6.07 Å². The molecule has 6 nitrogen and oxygen atoms in total. The number of hydrogen-bond acceptors (Lipinski definition) is 4. The highest BCUT2D eigenvalue weighted by atomic mass is 19.1. The number of rotatable bonds is 6. The van der Waals surface area contributed by atoms with Gasteiger partial charge in [0.05, 0.1) is 16.6 Å². The summed E-state index contributed by atoms with van der Waals surface area (Å²) in [5.74, 6) is -1.48. The zero-order valence-electron chi connectivity index (χ0n) is 10.8. The van der Waals surface area contributed by atoms with E-state index >= 15 is 0 Å². The summed E-state index contributed by atoms with van der Waals surface area (Å²) in [7, 11) is 0. The van der Waals surface area contributed by atoms with Crippen LogP contribution in [-0.4, -0.2) is 30.0 Å². The Morgan fingerprint density at radius 1 is 1.42 bits per heavy atom. The number of nitrogens with one attached hydrogen (secondary N) is 2. The summed E-state index contributed by atoms with van der Waals surface area (Å²) in [4.78, 5) is 21.4. The van der Waals surface area contributed by atoms with Gasteiger partial charge in [0, 0.05) is 25.2 Å². The molecule has 0 bridgehead atoms. The number of carbonyl (C=O) groups excluding carboxylic acids is 1. The highest BCUT2D eigenvalue weighted by Crippen LogP contribution is 2.16. The highest BCUT2D eigenvalue weighted by molar-refractivity contribution is 5.94. The fraction of sp³-hybridized carbons (Fsp3) is 0.417. The maximum absolute atomic E-state index is 13.5. The van der Waals surface area contributed by atoms with Gasteiger partial charge in [-0.25, -0.2) is 4.39 Å². The summed E-state index contributed by atoms with van der Waals surface area (Å²) < 4.78 is 13.5. The first kappa shape index (κ1) is 15.0. The van der Waals surface area contributed by atoms with Crippen molar-refractivity contribution in [3.05, 3.63) is 39.7 Å². The molecular formula is C12H16FN3O3. The summed E-state index contributed by atoms with van der Waals surface area (Å²) in [5, 5.41) is 16.1. The largest absolute Gasteiger partial charge is 0.351 e. The van der Waals surface area contributed by atoms with Crippen molar-refractivity contribution in [1.82, 2.24) is 10.6 Å². The molecule has 0 saturated heterocycles. The number of carbonyl (C=O) groups is 1. The number of hydrogen-bond donors (Lipinski definition) is 2. The number of nitrogens with zero attached hydrogens (tertiary/aromatic N) is 1. The van der Waals surface area contributed by atoms with Crippen LogP contribution in [0.15, 0.2) is 18.2 Å². The van der Waals surface area contributed by atoms with Crippen molar-refractivity contribution in [2.75, 3.05) is 13.1 Å². The summed E-state index contributed by atoms with van der Waals surface area (Å²) >= 11 is 0. The van der Waals surface area contributed by atoms with Crippen molar-refractivity contribution < 1.29 is 14.1 Å². The quantitative estimate of drug-likeness (QED) is 0.465. The maximum atomic E-state index is 13.5. The van der Waals surface area contributed by atoms with Gasteiger partial charge in [-0.15, -0.1) is 0 Å². The smallest absolute Gasteiger partial charge is 0.272 e. The third-order valence-electron chi connectivity index (χ3n) is 2.37. The van der Waals surface area contributed by atoms with E-state index in [-0.39, 0.29) is 11.3 Å². The second kappa shape index (κ2) is 6.79. The van der Waals surface area contributed by atoms with Crippen LogP contribution in [0.1, 0.15) is 24.2 Å². The molecule has 0 aliphatic heterocycles. The summed E-state index contributed by atoms with van der Waals surface area (Å²) in [6.45, 7) is 4.86. The number of nitro groups is 1. The lowest BCUT2D eigenvalue weighted by atomic mass is 10.2. The Balaban J connectivity index is 2.60. The molecule has 19 heavy (non-hydrogen) atoms. The van der Waals surface area contributed by atoms with E-state index in [2.05, 4.69) is 10.6 Å². The van der Waals surface area contributed by atoms with E-state index in [0.717, 1.165) is 18.2 Å². The first-order valence-corrected chi connectivity index (χ1v) is 5.87. The van der Waals surface area contributed by atoms with Crippen LogP contribution < -0.4 is 10.6 Å². The van der Waals surface area contributed by atoms with Gasteiger partial charge in [0.1, 0.15) is 5.82 Å². The van der Waals surface area contributed by atoms with Gasteiger partial charge in [0.25, 0.3) is 11.6 Å². The lowest BCUT2D eigenvalue weighted by molar-refractivity contribution is -0.385. The molecule has 1 rings (SSSR count). The Morgan fingerprint density at radius 2 is 2.11 bits per heavy atom. The van der Waals surface area contributed by atoms with Crippen LogP contribution in [0.5, 0.6) is 0 Å². The first-order valence-electron chi connectivity index (χ1n) is 5.87. The monoisotopic (exact) mass is 269 g/mol. The predicted molar refractivity (Wildman–Crippen MR) is 68.5 cm³/mol. The Hall–Kier alpha value is -2.02. The molecule has 1 amide bonds. The molecule has 0 atom stereocenters. The third-order valence-corrected chi connectivity index (χ3v) is 2.37. The topological polar surface area (TPSA) is 84.3 Å². The molecule has 0 fully saturated rings. The Morgan fingerprint density at radius 3 is 2.63 bits per heavy atom. The van der Waals surface area contributed by atoms with E-state index in [9.17, 15) is 19.3 Å². The van der Waals surface area contributed by atoms with Crippen LogP contribution >= 0.6 is 0 Å². The fourth-order valence-corrected chi connectivity index (χ4v) is 1.43. The molecule has 0 radical (unpaired) electrons. The van der Waals surface area contributed by atoms with Crippen molar-refractivity contribution in [3.8, 4) is 0 Å². The Kier molecular flexibility index (Phi) is 5.37. The van der Waals surface area contributed by atoms with Crippen LogP contribution in [0, 0.1) is 15.9 Å². The van der Waals surface area contributed by atoms with E-state index < -0.39 is 16.6 Å². The molecule has 0 heterocycles. The standard InChI is InChI=1S/C12H16FN3O3/c1-8(2)14-5-6-15-12(17)10-4-3-9(16(18)19)7-11(10)13/h3-4,7-8,14H,5-6H2,1-2H3,(H,15,17). The first-order chi connectivity index (χ1) is 8.91. The number of non-ortho nitro benzene ring substituents is 1.